The molecule has 1 unspecified atom stereocenters. The molecule has 1 aliphatic heterocycles. The van der Waals surface area contributed by atoms with E-state index in [1.165, 1.54) is 0 Å². The molecule has 0 amide bonds. The minimum Gasteiger partial charge on any atom is -0.658 e. The van der Waals surface area contributed by atoms with Crippen molar-refractivity contribution in [3.8, 4) is 0 Å². The van der Waals surface area contributed by atoms with Crippen molar-refractivity contribution in [3.63, 3.8) is 0 Å². The summed E-state index contributed by atoms with van der Waals surface area (Å²) in [5.74, 6) is 0. The zero-order valence-corrected chi connectivity index (χ0v) is 4.87. The molecule has 0 bridgehead atoms. The van der Waals surface area contributed by atoms with Gasteiger partial charge in [-0.3, -0.25) is 0 Å². The fourth-order valence-electron chi connectivity index (χ4n) is 0.778. The monoisotopic (exact) mass is 116 g/mol. The summed E-state index contributed by atoms with van der Waals surface area (Å²) in [5.41, 5.74) is 0. The van der Waals surface area contributed by atoms with E-state index in [4.69, 9.17) is 9.84 Å². The second-order valence-corrected chi connectivity index (χ2v) is 1.93. The maximum absolute atomic E-state index is 8.97. The topological polar surface area (TPSA) is 43.6 Å². The molecule has 3 nitrogen and oxygen atoms in total. The van der Waals surface area contributed by atoms with Crippen LogP contribution in [0.25, 0.3) is 5.32 Å². The zero-order chi connectivity index (χ0) is 5.98. The Kier molecular flexibility index (Phi) is 1.83. The smallest absolute Gasteiger partial charge is 0.0711 e. The lowest BCUT2D eigenvalue weighted by molar-refractivity contribution is 0.126. The van der Waals surface area contributed by atoms with Gasteiger partial charge < -0.3 is 15.2 Å². The predicted octanol–water partition coefficient (Wildman–Crippen LogP) is -0.250. The van der Waals surface area contributed by atoms with E-state index in [0.717, 1.165) is 0 Å². The van der Waals surface area contributed by atoms with Gasteiger partial charge in [-0.15, -0.1) is 0 Å². The van der Waals surface area contributed by atoms with Gasteiger partial charge in [0.1, 0.15) is 0 Å². The third kappa shape index (κ3) is 0.992. The van der Waals surface area contributed by atoms with Crippen LogP contribution in [0.5, 0.6) is 0 Å². The molecule has 0 aliphatic carbocycles. The van der Waals surface area contributed by atoms with Gasteiger partial charge in [0.15, 0.2) is 0 Å². The highest BCUT2D eigenvalue weighted by Crippen LogP contribution is 2.10. The summed E-state index contributed by atoms with van der Waals surface area (Å²) >= 11 is 0. The Bertz CT molecular complexity index is 76.8. The number of aliphatic hydroxyl groups is 1. The third-order valence-corrected chi connectivity index (χ3v) is 1.35. The van der Waals surface area contributed by atoms with E-state index in [1.54, 1.807) is 7.05 Å². The fraction of sp³-hybridized carbons (Fsp3) is 1.00. The predicted molar refractivity (Wildman–Crippen MR) is 29.9 cm³/mol. The van der Waals surface area contributed by atoms with Crippen LogP contribution in [0.3, 0.4) is 0 Å². The summed E-state index contributed by atoms with van der Waals surface area (Å²) in [6.07, 6.45) is -0.361. The van der Waals surface area contributed by atoms with E-state index >= 15 is 0 Å². The maximum atomic E-state index is 8.97. The van der Waals surface area contributed by atoms with Crippen molar-refractivity contribution in [1.29, 1.82) is 0 Å². The Morgan fingerprint density at radius 1 is 1.62 bits per heavy atom. The van der Waals surface area contributed by atoms with Crippen molar-refractivity contribution in [2.75, 3.05) is 20.3 Å². The summed E-state index contributed by atoms with van der Waals surface area (Å²) < 4.78 is 4.92. The normalized spacial score (nSPS) is 38.2. The van der Waals surface area contributed by atoms with Crippen LogP contribution < -0.4 is 0 Å². The lowest BCUT2D eigenvalue weighted by Gasteiger charge is -2.23. The number of likely N-dealkylation sites (N-methyl/N-ethyl adjacent to an activating group) is 1. The summed E-state index contributed by atoms with van der Waals surface area (Å²) in [7, 11) is 1.70. The number of aliphatic hydroxyl groups excluding tert-OH is 1. The van der Waals surface area contributed by atoms with E-state index in [1.807, 2.05) is 0 Å². The molecule has 0 aromatic rings. The quantitative estimate of drug-likeness (QED) is 0.513. The van der Waals surface area contributed by atoms with Crippen molar-refractivity contribution in [2.45, 2.75) is 12.1 Å². The Balaban J connectivity index is 2.30. The van der Waals surface area contributed by atoms with Gasteiger partial charge in [0, 0.05) is 6.61 Å². The molecule has 1 heterocycles. The van der Waals surface area contributed by atoms with Crippen LogP contribution in [-0.2, 0) is 4.74 Å². The average molecular weight is 116 g/mol. The minimum absolute atomic E-state index is 0.0231. The molecule has 0 spiro atoms. The molecule has 8 heavy (non-hydrogen) atoms. The van der Waals surface area contributed by atoms with E-state index in [-0.39, 0.29) is 12.1 Å². The van der Waals surface area contributed by atoms with Crippen molar-refractivity contribution in [2.24, 2.45) is 0 Å². The maximum Gasteiger partial charge on any atom is 0.0711 e. The van der Waals surface area contributed by atoms with Crippen LogP contribution >= 0.6 is 0 Å². The van der Waals surface area contributed by atoms with E-state index in [9.17, 15) is 0 Å². The minimum atomic E-state index is -0.361. The number of rotatable bonds is 1. The number of hydrogen-bond acceptors (Lipinski definition) is 2. The van der Waals surface area contributed by atoms with Gasteiger partial charge in [0.2, 0.25) is 0 Å². The van der Waals surface area contributed by atoms with Crippen LogP contribution in [0.2, 0.25) is 0 Å². The molecule has 0 aromatic carbocycles. The lowest BCUT2D eigenvalue weighted by atomic mass is 10.2. The molecule has 3 heteroatoms. The molecule has 1 rings (SSSR count). The van der Waals surface area contributed by atoms with Crippen molar-refractivity contribution >= 4 is 0 Å². The summed E-state index contributed by atoms with van der Waals surface area (Å²) in [6, 6.07) is 0.0231. The van der Waals surface area contributed by atoms with Crippen LogP contribution in [0, 0.1) is 0 Å². The number of ether oxygens (including phenoxy) is 1. The van der Waals surface area contributed by atoms with E-state index < -0.39 is 0 Å². The first-order valence-corrected chi connectivity index (χ1v) is 2.69. The highest BCUT2D eigenvalue weighted by Gasteiger charge is 2.16. The standard InChI is InChI=1S/C5H10NO2/c1-6-4-2-8-3-5(4)7/h4-5,7H,2-3H2,1H3/q-1/t4?,5-/m1/s1. The fourth-order valence-corrected chi connectivity index (χ4v) is 0.778. The lowest BCUT2D eigenvalue weighted by Crippen LogP contribution is -2.21. The van der Waals surface area contributed by atoms with Crippen molar-refractivity contribution in [1.82, 2.24) is 0 Å². The van der Waals surface area contributed by atoms with E-state index in [0.29, 0.717) is 13.2 Å². The second kappa shape index (κ2) is 2.44. The Morgan fingerprint density at radius 3 is 2.62 bits per heavy atom. The summed E-state index contributed by atoms with van der Waals surface area (Å²) in [4.78, 5) is 0. The zero-order valence-electron chi connectivity index (χ0n) is 4.87. The van der Waals surface area contributed by atoms with Crippen LogP contribution in [-0.4, -0.2) is 37.5 Å². The van der Waals surface area contributed by atoms with Gasteiger partial charge in [0.25, 0.3) is 0 Å². The highest BCUT2D eigenvalue weighted by molar-refractivity contribution is 4.95. The van der Waals surface area contributed by atoms with Crippen LogP contribution in [0.1, 0.15) is 0 Å². The molecule has 0 saturated carbocycles. The van der Waals surface area contributed by atoms with Gasteiger partial charge in [-0.2, -0.15) is 7.05 Å². The molecule has 2 atom stereocenters. The Labute approximate surface area is 48.7 Å². The molecule has 0 aromatic heterocycles. The molecule has 1 N–H and O–H groups in total. The molecule has 48 valence electrons. The van der Waals surface area contributed by atoms with Crippen molar-refractivity contribution < 1.29 is 9.84 Å². The average Bonchev–Trinajstić information content (AvgIpc) is 2.14. The van der Waals surface area contributed by atoms with Crippen molar-refractivity contribution in [3.05, 3.63) is 5.32 Å². The summed E-state index contributed by atoms with van der Waals surface area (Å²) in [5, 5.41) is 12.9. The second-order valence-electron chi connectivity index (χ2n) is 1.93. The van der Waals surface area contributed by atoms with Crippen LogP contribution in [0.15, 0.2) is 0 Å². The van der Waals surface area contributed by atoms with Gasteiger partial charge in [0.05, 0.1) is 12.7 Å². The first-order chi connectivity index (χ1) is 3.84. The molecule has 1 aliphatic rings. The van der Waals surface area contributed by atoms with Gasteiger partial charge in [-0.1, -0.05) is 6.04 Å². The molecule has 0 radical (unpaired) electrons. The van der Waals surface area contributed by atoms with Gasteiger partial charge in [-0.05, 0) is 0 Å². The van der Waals surface area contributed by atoms with Crippen LogP contribution in [0.4, 0.5) is 0 Å². The first kappa shape index (κ1) is 6.01. The Morgan fingerprint density at radius 2 is 2.38 bits per heavy atom. The first-order valence-electron chi connectivity index (χ1n) is 2.69. The van der Waals surface area contributed by atoms with Gasteiger partial charge in [-0.25, -0.2) is 0 Å². The molecular formula is C5H10NO2-. The Hall–Kier alpha value is -0.120. The highest BCUT2D eigenvalue weighted by atomic mass is 16.5. The molecular weight excluding hydrogens is 106 g/mol. The van der Waals surface area contributed by atoms with E-state index in [2.05, 4.69) is 5.32 Å². The molecule has 1 fully saturated rings. The summed E-state index contributed by atoms with van der Waals surface area (Å²) in [6.45, 7) is 1.03. The molecule has 1 saturated heterocycles. The van der Waals surface area contributed by atoms with Gasteiger partial charge >= 0.3 is 0 Å². The number of nitrogens with zero attached hydrogens (tertiary/aromatic N) is 1. The largest absolute Gasteiger partial charge is 0.658 e. The third-order valence-electron chi connectivity index (χ3n) is 1.35. The SMILES string of the molecule is C[N-]C1COC[C@H]1O. The number of hydrogen-bond donors (Lipinski definition) is 1.